The zero-order chi connectivity index (χ0) is 15.5. The van der Waals surface area contributed by atoms with Crippen molar-refractivity contribution in [2.24, 2.45) is 0 Å². The van der Waals surface area contributed by atoms with E-state index in [9.17, 15) is 4.79 Å². The Bertz CT molecular complexity index is 795. The lowest BCUT2D eigenvalue weighted by Crippen LogP contribution is -2.14. The summed E-state index contributed by atoms with van der Waals surface area (Å²) < 4.78 is 1.70. The number of benzene rings is 1. The van der Waals surface area contributed by atoms with Gasteiger partial charge in [0, 0.05) is 0 Å². The van der Waals surface area contributed by atoms with Gasteiger partial charge in [0.25, 0.3) is 5.91 Å². The summed E-state index contributed by atoms with van der Waals surface area (Å²) in [6.07, 6.45) is 0. The molecule has 0 saturated heterocycles. The molecule has 0 spiro atoms. The first kappa shape index (κ1) is 14.3. The predicted octanol–water partition coefficient (Wildman–Crippen LogP) is 2.05. The zero-order valence-electron chi connectivity index (χ0n) is 12.1. The van der Waals surface area contributed by atoms with Crippen LogP contribution in [0.15, 0.2) is 30.3 Å². The Hall–Kier alpha value is -2.61. The fraction of sp³-hybridized carbons (Fsp3) is 0.214. The number of amides is 1. The van der Waals surface area contributed by atoms with Gasteiger partial charge in [0.05, 0.1) is 12.2 Å². The fourth-order valence-corrected chi connectivity index (χ4v) is 2.57. The smallest absolute Gasteiger partial charge is 0.279 e. The molecule has 3 rings (SSSR count). The number of anilines is 1. The lowest BCUT2D eigenvalue weighted by atomic mass is 10.2. The zero-order valence-corrected chi connectivity index (χ0v) is 13.0. The Kier molecular flexibility index (Phi) is 3.92. The van der Waals surface area contributed by atoms with Crippen molar-refractivity contribution in [3.63, 3.8) is 0 Å². The van der Waals surface area contributed by atoms with Crippen LogP contribution in [0.3, 0.4) is 0 Å². The first-order valence-corrected chi connectivity index (χ1v) is 7.50. The van der Waals surface area contributed by atoms with Crippen molar-refractivity contribution in [3.8, 4) is 0 Å². The average Bonchev–Trinajstić information content (AvgIpc) is 3.07. The maximum atomic E-state index is 12.2. The predicted molar refractivity (Wildman–Crippen MR) is 82.9 cm³/mol. The van der Waals surface area contributed by atoms with Crippen LogP contribution in [0.25, 0.3) is 0 Å². The van der Waals surface area contributed by atoms with Crippen LogP contribution in [0.5, 0.6) is 0 Å². The molecule has 1 amide bonds. The molecule has 0 bridgehead atoms. The van der Waals surface area contributed by atoms with Crippen molar-refractivity contribution in [1.29, 1.82) is 0 Å². The van der Waals surface area contributed by atoms with E-state index in [1.807, 2.05) is 44.2 Å². The number of carbonyl (C=O) groups excluding carboxylic acids is 1. The maximum absolute atomic E-state index is 12.2. The van der Waals surface area contributed by atoms with E-state index < -0.39 is 0 Å². The Morgan fingerprint density at radius 2 is 1.95 bits per heavy atom. The van der Waals surface area contributed by atoms with Crippen LogP contribution in [-0.4, -0.2) is 31.1 Å². The quantitative estimate of drug-likeness (QED) is 0.796. The van der Waals surface area contributed by atoms with Gasteiger partial charge in [-0.15, -0.1) is 15.3 Å². The molecule has 3 aromatic rings. The molecule has 0 radical (unpaired) electrons. The third-order valence-electron chi connectivity index (χ3n) is 3.12. The number of carbonyl (C=O) groups is 1. The van der Waals surface area contributed by atoms with Crippen LogP contribution in [0.2, 0.25) is 0 Å². The molecule has 22 heavy (non-hydrogen) atoms. The van der Waals surface area contributed by atoms with E-state index in [1.165, 1.54) is 11.3 Å². The van der Waals surface area contributed by atoms with Crippen molar-refractivity contribution in [1.82, 2.24) is 25.2 Å². The average molecular weight is 314 g/mol. The maximum Gasteiger partial charge on any atom is 0.279 e. The second kappa shape index (κ2) is 6.02. The number of nitrogens with one attached hydrogen (secondary N) is 1. The molecule has 7 nitrogen and oxygen atoms in total. The molecule has 0 aliphatic heterocycles. The second-order valence-corrected chi connectivity index (χ2v) is 5.93. The van der Waals surface area contributed by atoms with Crippen molar-refractivity contribution in [2.45, 2.75) is 20.4 Å². The number of hydrogen-bond acceptors (Lipinski definition) is 6. The van der Waals surface area contributed by atoms with Gasteiger partial charge in [-0.2, -0.15) is 0 Å². The van der Waals surface area contributed by atoms with Gasteiger partial charge in [0.1, 0.15) is 5.01 Å². The van der Waals surface area contributed by atoms with E-state index in [1.54, 1.807) is 4.68 Å². The molecule has 0 aliphatic rings. The highest BCUT2D eigenvalue weighted by Crippen LogP contribution is 2.15. The Labute approximate surface area is 131 Å². The van der Waals surface area contributed by atoms with Crippen LogP contribution >= 0.6 is 11.3 Å². The molecule has 0 saturated carbocycles. The minimum atomic E-state index is -0.326. The van der Waals surface area contributed by atoms with Crippen molar-refractivity contribution >= 4 is 22.4 Å². The standard InChI is InChI=1S/C14H14N6OS/c1-9-12(13(21)15-14-18-16-10(2)22-14)17-19-20(9)8-11-6-4-3-5-7-11/h3-7H,8H2,1-2H3,(H,15,18,21). The summed E-state index contributed by atoms with van der Waals surface area (Å²) in [6, 6.07) is 9.90. The normalized spacial score (nSPS) is 10.6. The van der Waals surface area contributed by atoms with E-state index in [4.69, 9.17) is 0 Å². The third kappa shape index (κ3) is 3.01. The number of hydrogen-bond donors (Lipinski definition) is 1. The highest BCUT2D eigenvalue weighted by Gasteiger charge is 2.18. The van der Waals surface area contributed by atoms with Crippen LogP contribution in [0, 0.1) is 13.8 Å². The van der Waals surface area contributed by atoms with Gasteiger partial charge in [0.15, 0.2) is 5.69 Å². The van der Waals surface area contributed by atoms with Gasteiger partial charge in [-0.1, -0.05) is 46.9 Å². The molecule has 1 N–H and O–H groups in total. The summed E-state index contributed by atoms with van der Waals surface area (Å²) in [5.41, 5.74) is 2.11. The molecule has 8 heteroatoms. The van der Waals surface area contributed by atoms with Gasteiger partial charge in [0.2, 0.25) is 5.13 Å². The van der Waals surface area contributed by atoms with Gasteiger partial charge in [-0.05, 0) is 19.4 Å². The van der Waals surface area contributed by atoms with Gasteiger partial charge in [-0.3, -0.25) is 10.1 Å². The molecular weight excluding hydrogens is 300 g/mol. The van der Waals surface area contributed by atoms with Crippen LogP contribution in [0.4, 0.5) is 5.13 Å². The topological polar surface area (TPSA) is 85.6 Å². The lowest BCUT2D eigenvalue weighted by molar-refractivity contribution is 0.102. The highest BCUT2D eigenvalue weighted by molar-refractivity contribution is 7.15. The molecule has 0 aliphatic carbocycles. The summed E-state index contributed by atoms with van der Waals surface area (Å²) in [4.78, 5) is 12.2. The van der Waals surface area contributed by atoms with E-state index in [-0.39, 0.29) is 5.91 Å². The second-order valence-electron chi connectivity index (χ2n) is 4.75. The van der Waals surface area contributed by atoms with E-state index in [0.29, 0.717) is 23.1 Å². The van der Waals surface area contributed by atoms with Crippen molar-refractivity contribution in [3.05, 3.63) is 52.3 Å². The molecule has 0 atom stereocenters. The first-order valence-electron chi connectivity index (χ1n) is 6.69. The number of aromatic nitrogens is 5. The number of rotatable bonds is 4. The van der Waals surface area contributed by atoms with Crippen molar-refractivity contribution < 1.29 is 4.79 Å². The molecule has 2 aromatic heterocycles. The molecule has 112 valence electrons. The minimum absolute atomic E-state index is 0.295. The summed E-state index contributed by atoms with van der Waals surface area (Å²) in [5.74, 6) is -0.326. The first-order chi connectivity index (χ1) is 10.6. The lowest BCUT2D eigenvalue weighted by Gasteiger charge is -2.03. The monoisotopic (exact) mass is 314 g/mol. The molecule has 0 unspecified atom stereocenters. The van der Waals surface area contributed by atoms with Crippen LogP contribution < -0.4 is 5.32 Å². The molecule has 0 fully saturated rings. The SMILES string of the molecule is Cc1nnc(NC(=O)c2nnn(Cc3ccccc3)c2C)s1. The fourth-order valence-electron chi connectivity index (χ4n) is 1.98. The Morgan fingerprint density at radius 1 is 1.18 bits per heavy atom. The summed E-state index contributed by atoms with van der Waals surface area (Å²) in [6.45, 7) is 4.22. The van der Waals surface area contributed by atoms with E-state index in [0.717, 1.165) is 10.6 Å². The summed E-state index contributed by atoms with van der Waals surface area (Å²) in [7, 11) is 0. The third-order valence-corrected chi connectivity index (χ3v) is 3.87. The van der Waals surface area contributed by atoms with Gasteiger partial charge < -0.3 is 0 Å². The number of aryl methyl sites for hydroxylation is 1. The van der Waals surface area contributed by atoms with E-state index >= 15 is 0 Å². The van der Waals surface area contributed by atoms with E-state index in [2.05, 4.69) is 25.8 Å². The highest BCUT2D eigenvalue weighted by atomic mass is 32.1. The summed E-state index contributed by atoms with van der Waals surface area (Å²) >= 11 is 1.32. The molecular formula is C14H14N6OS. The Balaban J connectivity index is 1.76. The Morgan fingerprint density at radius 3 is 2.64 bits per heavy atom. The van der Waals surface area contributed by atoms with Gasteiger partial charge >= 0.3 is 0 Å². The molecule has 1 aromatic carbocycles. The largest absolute Gasteiger partial charge is 0.295 e. The van der Waals surface area contributed by atoms with Crippen LogP contribution in [0.1, 0.15) is 26.8 Å². The molecule has 2 heterocycles. The van der Waals surface area contributed by atoms with Crippen LogP contribution in [-0.2, 0) is 6.54 Å². The van der Waals surface area contributed by atoms with Crippen molar-refractivity contribution in [2.75, 3.05) is 5.32 Å². The summed E-state index contributed by atoms with van der Waals surface area (Å²) in [5, 5.41) is 19.7. The number of nitrogens with zero attached hydrogens (tertiary/aromatic N) is 5. The minimum Gasteiger partial charge on any atom is -0.295 e. The van der Waals surface area contributed by atoms with Gasteiger partial charge in [-0.25, -0.2) is 4.68 Å².